The molecule has 84 valence electrons. The number of nitrogens with two attached hydrogens (primary N) is 1. The monoisotopic (exact) mass is 204 g/mol. The Morgan fingerprint density at radius 2 is 2.07 bits per heavy atom. The van der Waals surface area contributed by atoms with Gasteiger partial charge in [0.15, 0.2) is 5.79 Å². The van der Waals surface area contributed by atoms with Crippen LogP contribution < -0.4 is 11.1 Å². The van der Waals surface area contributed by atoms with Crippen LogP contribution >= 0.6 is 0 Å². The van der Waals surface area contributed by atoms with Crippen molar-refractivity contribution in [2.75, 3.05) is 27.3 Å². The van der Waals surface area contributed by atoms with Crippen molar-refractivity contribution in [3.05, 3.63) is 0 Å². The van der Waals surface area contributed by atoms with Gasteiger partial charge in [-0.1, -0.05) is 0 Å². The van der Waals surface area contributed by atoms with Gasteiger partial charge in [-0.15, -0.1) is 0 Å². The minimum atomic E-state index is -0.654. The average Bonchev–Trinajstić information content (AvgIpc) is 2.18. The van der Waals surface area contributed by atoms with Crippen LogP contribution in [0.2, 0.25) is 0 Å². The maximum atomic E-state index is 5.59. The molecule has 0 amide bonds. The van der Waals surface area contributed by atoms with Gasteiger partial charge in [0, 0.05) is 33.7 Å². The van der Waals surface area contributed by atoms with Crippen molar-refractivity contribution in [3.8, 4) is 0 Å². The first kappa shape index (κ1) is 11.9. The lowest BCUT2D eigenvalue weighted by Crippen LogP contribution is -2.58. The molecule has 0 spiro atoms. The largest absolute Gasteiger partial charge is 0.354 e. The van der Waals surface area contributed by atoms with Crippen LogP contribution in [0.15, 0.2) is 0 Å². The Bertz CT molecular complexity index is 171. The summed E-state index contributed by atoms with van der Waals surface area (Å²) in [7, 11) is 3.26. The fourth-order valence-electron chi connectivity index (χ4n) is 1.77. The van der Waals surface area contributed by atoms with E-state index >= 15 is 0 Å². The first-order valence-electron chi connectivity index (χ1n) is 4.86. The Kier molecular flexibility index (Phi) is 4.28. The molecule has 1 rings (SSSR count). The highest BCUT2D eigenvalue weighted by Gasteiger charge is 2.42. The van der Waals surface area contributed by atoms with Crippen molar-refractivity contribution in [2.45, 2.75) is 31.5 Å². The van der Waals surface area contributed by atoms with E-state index in [9.17, 15) is 0 Å². The molecular weight excluding hydrogens is 184 g/mol. The van der Waals surface area contributed by atoms with Crippen molar-refractivity contribution >= 4 is 0 Å². The second-order valence-corrected chi connectivity index (χ2v) is 3.50. The lowest BCUT2D eigenvalue weighted by Gasteiger charge is -2.42. The van der Waals surface area contributed by atoms with Crippen LogP contribution in [0.5, 0.6) is 0 Å². The molecule has 2 unspecified atom stereocenters. The Morgan fingerprint density at radius 1 is 1.43 bits per heavy atom. The van der Waals surface area contributed by atoms with Crippen LogP contribution in [0.1, 0.15) is 13.3 Å². The third-order valence-electron chi connectivity index (χ3n) is 2.54. The molecule has 2 atom stereocenters. The zero-order valence-corrected chi connectivity index (χ0v) is 9.08. The van der Waals surface area contributed by atoms with E-state index in [1.165, 1.54) is 0 Å². The summed E-state index contributed by atoms with van der Waals surface area (Å²) in [6.07, 6.45) is 0.285. The van der Waals surface area contributed by atoms with Crippen LogP contribution in [0, 0.1) is 0 Å². The standard InChI is InChI=1S/C9H20N2O3/c1-7(10)14-8-6-11-5-4-9(8,12-2)13-3/h7-8,11H,4-6,10H2,1-3H3. The van der Waals surface area contributed by atoms with Gasteiger partial charge in [0.1, 0.15) is 12.3 Å². The molecule has 0 bridgehead atoms. The number of nitrogens with one attached hydrogen (secondary N) is 1. The van der Waals surface area contributed by atoms with E-state index in [-0.39, 0.29) is 12.3 Å². The lowest BCUT2D eigenvalue weighted by atomic mass is 10.0. The van der Waals surface area contributed by atoms with Crippen molar-refractivity contribution < 1.29 is 14.2 Å². The number of piperidine rings is 1. The molecule has 5 heteroatoms. The third kappa shape index (κ3) is 2.43. The summed E-state index contributed by atoms with van der Waals surface area (Å²) < 4.78 is 16.4. The summed E-state index contributed by atoms with van der Waals surface area (Å²) >= 11 is 0. The molecule has 1 fully saturated rings. The molecule has 14 heavy (non-hydrogen) atoms. The van der Waals surface area contributed by atoms with Gasteiger partial charge < -0.3 is 25.3 Å². The van der Waals surface area contributed by atoms with Gasteiger partial charge in [0.25, 0.3) is 0 Å². The van der Waals surface area contributed by atoms with Gasteiger partial charge in [-0.25, -0.2) is 0 Å². The third-order valence-corrected chi connectivity index (χ3v) is 2.54. The van der Waals surface area contributed by atoms with E-state index in [2.05, 4.69) is 5.32 Å². The van der Waals surface area contributed by atoms with E-state index in [0.29, 0.717) is 6.54 Å². The number of hydrogen-bond donors (Lipinski definition) is 2. The highest BCUT2D eigenvalue weighted by Crippen LogP contribution is 2.26. The average molecular weight is 204 g/mol. The first-order valence-corrected chi connectivity index (χ1v) is 4.86. The van der Waals surface area contributed by atoms with Gasteiger partial charge in [-0.05, 0) is 6.92 Å². The SMILES string of the molecule is COC1(OC)CCNCC1OC(C)N. The van der Waals surface area contributed by atoms with E-state index in [1.54, 1.807) is 21.1 Å². The van der Waals surface area contributed by atoms with Gasteiger partial charge in [0.2, 0.25) is 0 Å². The summed E-state index contributed by atoms with van der Waals surface area (Å²) in [5.74, 6) is -0.654. The number of rotatable bonds is 4. The molecule has 0 aromatic rings. The van der Waals surface area contributed by atoms with Crippen molar-refractivity contribution in [3.63, 3.8) is 0 Å². The molecule has 0 aromatic heterocycles. The minimum absolute atomic E-state index is 0.161. The van der Waals surface area contributed by atoms with E-state index in [1.807, 2.05) is 0 Å². The lowest BCUT2D eigenvalue weighted by molar-refractivity contribution is -0.284. The maximum absolute atomic E-state index is 5.59. The predicted molar refractivity (Wildman–Crippen MR) is 52.8 cm³/mol. The van der Waals surface area contributed by atoms with Gasteiger partial charge in [-0.3, -0.25) is 0 Å². The zero-order valence-electron chi connectivity index (χ0n) is 9.08. The molecule has 1 saturated heterocycles. The van der Waals surface area contributed by atoms with Crippen molar-refractivity contribution in [1.29, 1.82) is 0 Å². The molecule has 1 heterocycles. The molecule has 1 aliphatic heterocycles. The fraction of sp³-hybridized carbons (Fsp3) is 1.00. The van der Waals surface area contributed by atoms with Crippen molar-refractivity contribution in [2.24, 2.45) is 5.73 Å². The highest BCUT2D eigenvalue weighted by atomic mass is 16.7. The summed E-state index contributed by atoms with van der Waals surface area (Å²) in [6, 6.07) is 0. The summed E-state index contributed by atoms with van der Waals surface area (Å²) in [4.78, 5) is 0. The highest BCUT2D eigenvalue weighted by molar-refractivity contribution is 4.87. The summed E-state index contributed by atoms with van der Waals surface area (Å²) in [5.41, 5.74) is 5.59. The molecule has 3 N–H and O–H groups in total. The number of hydrogen-bond acceptors (Lipinski definition) is 5. The van der Waals surface area contributed by atoms with E-state index in [4.69, 9.17) is 19.9 Å². The quantitative estimate of drug-likeness (QED) is 0.613. The fourth-order valence-corrected chi connectivity index (χ4v) is 1.77. The smallest absolute Gasteiger partial charge is 0.196 e. The molecule has 0 saturated carbocycles. The second-order valence-electron chi connectivity index (χ2n) is 3.50. The molecule has 5 nitrogen and oxygen atoms in total. The summed E-state index contributed by atoms with van der Waals surface area (Å²) in [5, 5.41) is 3.22. The second kappa shape index (κ2) is 5.04. The Morgan fingerprint density at radius 3 is 2.57 bits per heavy atom. The van der Waals surface area contributed by atoms with E-state index < -0.39 is 5.79 Å². The predicted octanol–water partition coefficient (Wildman–Crippen LogP) is -0.341. The summed E-state index contributed by atoms with van der Waals surface area (Å²) in [6.45, 7) is 3.36. The number of methoxy groups -OCH3 is 2. The van der Waals surface area contributed by atoms with Crippen LogP contribution in [0.25, 0.3) is 0 Å². The molecule has 0 aliphatic carbocycles. The van der Waals surface area contributed by atoms with Crippen LogP contribution in [0.3, 0.4) is 0 Å². The number of ether oxygens (including phenoxy) is 3. The Hall–Kier alpha value is -0.200. The van der Waals surface area contributed by atoms with Crippen LogP contribution in [-0.2, 0) is 14.2 Å². The molecule has 0 aromatic carbocycles. The molecule has 1 aliphatic rings. The maximum Gasteiger partial charge on any atom is 0.196 e. The Labute approximate surface area is 84.9 Å². The van der Waals surface area contributed by atoms with Gasteiger partial charge in [0.05, 0.1) is 0 Å². The van der Waals surface area contributed by atoms with Crippen LogP contribution in [-0.4, -0.2) is 45.4 Å². The van der Waals surface area contributed by atoms with Crippen molar-refractivity contribution in [1.82, 2.24) is 5.32 Å². The molecular formula is C9H20N2O3. The normalized spacial score (nSPS) is 28.7. The topological polar surface area (TPSA) is 65.7 Å². The van der Waals surface area contributed by atoms with Crippen LogP contribution in [0.4, 0.5) is 0 Å². The van der Waals surface area contributed by atoms with E-state index in [0.717, 1.165) is 13.0 Å². The molecule has 0 radical (unpaired) electrons. The van der Waals surface area contributed by atoms with Gasteiger partial charge >= 0.3 is 0 Å². The Balaban J connectivity index is 2.66. The first-order chi connectivity index (χ1) is 6.64. The zero-order chi connectivity index (χ0) is 10.6. The minimum Gasteiger partial charge on any atom is -0.354 e. The van der Waals surface area contributed by atoms with Gasteiger partial charge in [-0.2, -0.15) is 0 Å².